The number of carbonyl (C=O) groups excluding carboxylic acids is 6. The van der Waals surface area contributed by atoms with Crippen LogP contribution in [0.25, 0.3) is 0 Å². The molecular weight excluding hydrogens is 766 g/mol. The van der Waals surface area contributed by atoms with Crippen molar-refractivity contribution in [3.8, 4) is 0 Å². The summed E-state index contributed by atoms with van der Waals surface area (Å²) < 4.78 is 30.3. The van der Waals surface area contributed by atoms with Gasteiger partial charge < -0.3 is 44.3 Å². The molecule has 7 rings (SSSR count). The van der Waals surface area contributed by atoms with E-state index < -0.39 is 118 Å². The van der Waals surface area contributed by atoms with Crippen LogP contribution in [0.2, 0.25) is 0 Å². The lowest BCUT2D eigenvalue weighted by atomic mass is 9.20. The number of aliphatic hydroxyl groups excluding tert-OH is 2. The number of Topliss-reactive ketones (excluding diaryl/α,β-unsaturated/α-hetero) is 1. The number of esters is 4. The number of ether oxygens (including phenoxy) is 5. The van der Waals surface area contributed by atoms with Gasteiger partial charge in [0.2, 0.25) is 5.91 Å². The molecule has 0 aromatic heterocycles. The van der Waals surface area contributed by atoms with Crippen molar-refractivity contribution in [1.82, 2.24) is 5.32 Å². The molecule has 4 fully saturated rings. The highest BCUT2D eigenvalue weighted by atomic mass is 16.6. The number of hydrogen-bond donors (Lipinski definition) is 4. The fraction of sp³-hybridized carbons (Fsp3) is 0.545. The Bertz CT molecular complexity index is 2110. The van der Waals surface area contributed by atoms with Gasteiger partial charge in [0, 0.05) is 38.0 Å². The lowest BCUT2D eigenvalue weighted by Gasteiger charge is -2.86. The van der Waals surface area contributed by atoms with Crippen molar-refractivity contribution in [2.24, 2.45) is 22.2 Å². The normalized spacial score (nSPS) is 36.7. The second-order valence-corrected chi connectivity index (χ2v) is 17.0. The highest BCUT2D eigenvalue weighted by Crippen LogP contribution is 2.86. The van der Waals surface area contributed by atoms with Crippen LogP contribution in [0.4, 0.5) is 0 Å². The van der Waals surface area contributed by atoms with Crippen molar-refractivity contribution in [2.75, 3.05) is 6.61 Å². The average Bonchev–Trinajstić information content (AvgIpc) is 3.20. The molecular formula is C44H51NO14. The Labute approximate surface area is 341 Å². The fourth-order valence-corrected chi connectivity index (χ4v) is 11.3. The molecule has 3 saturated carbocycles. The lowest BCUT2D eigenvalue weighted by Crippen LogP contribution is -3.00. The Kier molecular flexibility index (Phi) is 10.5. The maximum Gasteiger partial charge on any atom is 0.338 e. The summed E-state index contributed by atoms with van der Waals surface area (Å²) in [5.74, 6) is -5.44. The molecule has 13 atom stereocenters. The van der Waals surface area contributed by atoms with Gasteiger partial charge in [-0.05, 0) is 49.1 Å². The summed E-state index contributed by atoms with van der Waals surface area (Å²) in [5, 5.41) is 39.9. The number of amides is 1. The number of aliphatic hydroxyl groups is 3. The van der Waals surface area contributed by atoms with Gasteiger partial charge in [0.25, 0.3) is 0 Å². The molecule has 2 aromatic rings. The summed E-state index contributed by atoms with van der Waals surface area (Å²) in [6.45, 7) is 10.0. The molecule has 2 unspecified atom stereocenters. The predicted octanol–water partition coefficient (Wildman–Crippen LogP) is 2.83. The van der Waals surface area contributed by atoms with E-state index in [9.17, 15) is 39.3 Å². The van der Waals surface area contributed by atoms with Crippen LogP contribution in [-0.4, -0.2) is 105 Å². The summed E-state index contributed by atoms with van der Waals surface area (Å²) >= 11 is 0. The standard InChI is InChI=1S/C44H51NO14/c1-8-22(2)36(51)45-32(26-15-11-9-12-16-26)33(49)38(53)57-28-20-42(54)39(58-37(52)27-17-13-10-14-18-27)44-40(6,29(48)19-30-43(44,21-55-30)59-25(5)47)35(50)34(56-24(4)46)31(23(28)3)41(42,44)7/h9-18,22,28-30,32-34,39,48-49,54H,8,19-21H2,1-7H3,(H,45,51)/t22?,28-,29-,30+,32-,33+,34+,39+,40-,41-,42+,43-,44?/m0/s1. The van der Waals surface area contributed by atoms with E-state index in [1.807, 2.05) is 6.92 Å². The van der Waals surface area contributed by atoms with E-state index in [0.717, 1.165) is 6.92 Å². The van der Waals surface area contributed by atoms with E-state index in [2.05, 4.69) is 5.32 Å². The summed E-state index contributed by atoms with van der Waals surface area (Å²) in [4.78, 5) is 82.7. The molecule has 316 valence electrons. The number of benzene rings is 2. The largest absolute Gasteiger partial charge is 0.456 e. The van der Waals surface area contributed by atoms with Gasteiger partial charge in [0.1, 0.15) is 23.9 Å². The number of nitrogens with one attached hydrogen (secondary N) is 1. The van der Waals surface area contributed by atoms with Crippen LogP contribution in [-0.2, 0) is 47.7 Å². The molecule has 59 heavy (non-hydrogen) atoms. The first kappa shape index (κ1) is 42.2. The monoisotopic (exact) mass is 817 g/mol. The van der Waals surface area contributed by atoms with E-state index in [0.29, 0.717) is 12.0 Å². The smallest absolute Gasteiger partial charge is 0.338 e. The molecule has 0 bridgehead atoms. The van der Waals surface area contributed by atoms with Crippen LogP contribution in [0.1, 0.15) is 89.7 Å². The van der Waals surface area contributed by atoms with Crippen LogP contribution < -0.4 is 5.32 Å². The molecule has 15 heteroatoms. The van der Waals surface area contributed by atoms with Crippen LogP contribution in [0.3, 0.4) is 0 Å². The van der Waals surface area contributed by atoms with Crippen LogP contribution in [0, 0.1) is 22.2 Å². The zero-order chi connectivity index (χ0) is 43.0. The highest BCUT2D eigenvalue weighted by molar-refractivity contribution is 5.99. The average molecular weight is 818 g/mol. The van der Waals surface area contributed by atoms with Crippen molar-refractivity contribution in [2.45, 2.75) is 122 Å². The van der Waals surface area contributed by atoms with Gasteiger partial charge in [-0.2, -0.15) is 0 Å². The Morgan fingerprint density at radius 3 is 2.14 bits per heavy atom. The highest BCUT2D eigenvalue weighted by Gasteiger charge is 2.99. The van der Waals surface area contributed by atoms with Crippen molar-refractivity contribution >= 4 is 35.6 Å². The van der Waals surface area contributed by atoms with E-state index in [4.69, 9.17) is 23.7 Å². The van der Waals surface area contributed by atoms with Crippen LogP contribution in [0.5, 0.6) is 0 Å². The quantitative estimate of drug-likeness (QED) is 0.146. The zero-order valence-corrected chi connectivity index (χ0v) is 34.1. The maximum atomic E-state index is 15.3. The van der Waals surface area contributed by atoms with Crippen molar-refractivity contribution in [3.63, 3.8) is 0 Å². The fourth-order valence-electron chi connectivity index (χ4n) is 11.3. The molecule has 1 aliphatic heterocycles. The van der Waals surface area contributed by atoms with Gasteiger partial charge in [0.15, 0.2) is 23.6 Å². The van der Waals surface area contributed by atoms with Gasteiger partial charge in [-0.25, -0.2) is 9.59 Å². The minimum atomic E-state index is -2.28. The van der Waals surface area contributed by atoms with Crippen molar-refractivity contribution in [3.05, 3.63) is 82.9 Å². The van der Waals surface area contributed by atoms with Gasteiger partial charge >= 0.3 is 23.9 Å². The molecule has 4 N–H and O–H groups in total. The molecule has 5 aliphatic rings. The van der Waals surface area contributed by atoms with Crippen LogP contribution >= 0.6 is 0 Å². The molecule has 1 heterocycles. The summed E-state index contributed by atoms with van der Waals surface area (Å²) in [7, 11) is 0. The Morgan fingerprint density at radius 2 is 1.58 bits per heavy atom. The molecule has 1 saturated heterocycles. The Morgan fingerprint density at radius 1 is 0.949 bits per heavy atom. The summed E-state index contributed by atoms with van der Waals surface area (Å²) in [5.41, 5.74) is -9.19. The van der Waals surface area contributed by atoms with Gasteiger partial charge in [-0.1, -0.05) is 69.3 Å². The molecule has 0 radical (unpaired) electrons. The molecule has 15 nitrogen and oxygen atoms in total. The minimum absolute atomic E-state index is 0.000755. The van der Waals surface area contributed by atoms with E-state index >= 15 is 4.79 Å². The number of ketones is 1. The molecule has 2 aromatic carbocycles. The third-order valence-electron chi connectivity index (χ3n) is 14.2. The Hall–Kier alpha value is -4.96. The first-order valence-electron chi connectivity index (χ1n) is 19.9. The zero-order valence-electron chi connectivity index (χ0n) is 34.1. The maximum absolute atomic E-state index is 15.3. The molecule has 4 aliphatic carbocycles. The lowest BCUT2D eigenvalue weighted by molar-refractivity contribution is -0.472. The Balaban J connectivity index is 1.41. The number of fused-ring (bicyclic) bond motifs is 1. The first-order valence-corrected chi connectivity index (χ1v) is 19.9. The number of carbonyl (C=O) groups is 6. The molecule has 1 spiro atoms. The minimum Gasteiger partial charge on any atom is -0.456 e. The SMILES string of the molecule is CCC(C)C(=O)N[C@@H](c1ccccc1)[C@@H](O)C(=O)O[C@H]1C[C@@]2(O)[C@@H](OC(=O)c3ccccc3)C34[C@]5(OC(C)=O)CO[C@@H]5C[C@H](O)[C@@]3(C)C(=O)[C@H](OC(C)=O)C(=C1C)[C@]42C. The van der Waals surface area contributed by atoms with Gasteiger partial charge in [-0.3, -0.25) is 19.2 Å². The van der Waals surface area contributed by atoms with E-state index in [1.165, 1.54) is 32.9 Å². The third-order valence-corrected chi connectivity index (χ3v) is 14.2. The number of rotatable bonds is 11. The summed E-state index contributed by atoms with van der Waals surface area (Å²) in [6.07, 6.45) is -9.67. The van der Waals surface area contributed by atoms with E-state index in [-0.39, 0.29) is 29.7 Å². The topological polar surface area (TPSA) is 221 Å². The van der Waals surface area contributed by atoms with Gasteiger partial charge in [-0.15, -0.1) is 0 Å². The second-order valence-electron chi connectivity index (χ2n) is 17.0. The van der Waals surface area contributed by atoms with Crippen LogP contribution in [0.15, 0.2) is 71.8 Å². The van der Waals surface area contributed by atoms with E-state index in [1.54, 1.807) is 62.4 Å². The second kappa shape index (κ2) is 14.6. The van der Waals surface area contributed by atoms with Crippen molar-refractivity contribution in [1.29, 1.82) is 0 Å². The van der Waals surface area contributed by atoms with Crippen molar-refractivity contribution < 1.29 is 67.8 Å². The first-order chi connectivity index (χ1) is 27.8. The summed E-state index contributed by atoms with van der Waals surface area (Å²) in [6, 6.07) is 15.0. The van der Waals surface area contributed by atoms with Gasteiger partial charge in [0.05, 0.1) is 35.1 Å². The molecule has 1 amide bonds. The number of hydrogen-bond acceptors (Lipinski definition) is 14. The third kappa shape index (κ3) is 5.60. The predicted molar refractivity (Wildman–Crippen MR) is 205 cm³/mol.